The minimum absolute atomic E-state index is 0.187. The molecule has 1 N–H and O–H groups in total. The molecule has 4 rings (SSSR count). The summed E-state index contributed by atoms with van der Waals surface area (Å²) in [5.41, 5.74) is 2.45. The quantitative estimate of drug-likeness (QED) is 0.492. The average molecular weight is 413 g/mol. The zero-order valence-electron chi connectivity index (χ0n) is 14.5. The average Bonchev–Trinajstić information content (AvgIpc) is 3.35. The van der Waals surface area contributed by atoms with Crippen molar-refractivity contribution in [3.63, 3.8) is 0 Å². The molecule has 0 atom stereocenters. The van der Waals surface area contributed by atoms with Crippen LogP contribution < -0.4 is 5.32 Å². The van der Waals surface area contributed by atoms with E-state index in [1.54, 1.807) is 35.3 Å². The number of anilines is 1. The van der Waals surface area contributed by atoms with Crippen molar-refractivity contribution in [3.05, 3.63) is 88.3 Å². The third-order valence-corrected chi connectivity index (χ3v) is 4.63. The van der Waals surface area contributed by atoms with E-state index < -0.39 is 0 Å². The lowest BCUT2D eigenvalue weighted by molar-refractivity contribution is 0.101. The maximum Gasteiger partial charge on any atom is 0.277 e. The molecule has 0 fully saturated rings. The Morgan fingerprint density at radius 3 is 2.71 bits per heavy atom. The van der Waals surface area contributed by atoms with Crippen LogP contribution in [0.15, 0.2) is 71.5 Å². The Kier molecular flexibility index (Phi) is 5.14. The molecule has 8 heteroatoms. The number of benzene rings is 2. The van der Waals surface area contributed by atoms with Crippen molar-refractivity contribution in [1.29, 1.82) is 0 Å². The predicted octanol–water partition coefficient (Wildman–Crippen LogP) is 5.15. The summed E-state index contributed by atoms with van der Waals surface area (Å²) in [6, 6.07) is 16.3. The van der Waals surface area contributed by atoms with E-state index in [9.17, 15) is 4.79 Å². The van der Waals surface area contributed by atoms with Gasteiger partial charge >= 0.3 is 0 Å². The number of carbonyl (C=O) groups excluding carboxylic acids is 1. The molecular formula is C20H14Cl2N4O2. The van der Waals surface area contributed by atoms with Gasteiger partial charge < -0.3 is 9.84 Å². The van der Waals surface area contributed by atoms with Crippen molar-refractivity contribution in [2.45, 2.75) is 6.54 Å². The number of aromatic nitrogens is 3. The van der Waals surface area contributed by atoms with E-state index in [1.165, 1.54) is 0 Å². The summed E-state index contributed by atoms with van der Waals surface area (Å²) in [5.74, 6) is 0.147. The summed E-state index contributed by atoms with van der Waals surface area (Å²) in [5, 5.41) is 12.0. The van der Waals surface area contributed by atoms with Crippen molar-refractivity contribution in [2.75, 3.05) is 5.32 Å². The highest BCUT2D eigenvalue weighted by Gasteiger charge is 2.15. The highest BCUT2D eigenvalue weighted by Crippen LogP contribution is 2.23. The second-order valence-corrected chi connectivity index (χ2v) is 6.90. The van der Waals surface area contributed by atoms with Crippen LogP contribution in [0.2, 0.25) is 10.0 Å². The van der Waals surface area contributed by atoms with Gasteiger partial charge in [0, 0.05) is 27.9 Å². The number of nitrogens with one attached hydrogen (secondary N) is 1. The zero-order valence-corrected chi connectivity index (χ0v) is 16.0. The molecule has 4 aromatic rings. The first kappa shape index (κ1) is 18.3. The van der Waals surface area contributed by atoms with Crippen LogP contribution in [0.25, 0.3) is 11.3 Å². The van der Waals surface area contributed by atoms with Crippen LogP contribution in [0.5, 0.6) is 0 Å². The van der Waals surface area contributed by atoms with Crippen LogP contribution in [0, 0.1) is 0 Å². The molecule has 0 radical (unpaired) electrons. The Labute approximate surface area is 170 Å². The molecule has 0 saturated heterocycles. The molecule has 0 aliphatic carbocycles. The van der Waals surface area contributed by atoms with Crippen molar-refractivity contribution >= 4 is 34.8 Å². The van der Waals surface area contributed by atoms with Crippen molar-refractivity contribution in [2.24, 2.45) is 0 Å². The van der Waals surface area contributed by atoms with Gasteiger partial charge in [0.15, 0.2) is 11.5 Å². The maximum atomic E-state index is 12.4. The second-order valence-electron chi connectivity index (χ2n) is 6.06. The van der Waals surface area contributed by atoms with Crippen LogP contribution in [-0.2, 0) is 6.54 Å². The molecule has 0 aliphatic heterocycles. The first-order chi connectivity index (χ1) is 13.6. The van der Waals surface area contributed by atoms with Crippen LogP contribution in [0.1, 0.15) is 16.1 Å². The first-order valence-corrected chi connectivity index (χ1v) is 9.14. The third-order valence-electron chi connectivity index (χ3n) is 4.04. The maximum absolute atomic E-state index is 12.4. The summed E-state index contributed by atoms with van der Waals surface area (Å²) in [4.78, 5) is 12.4. The van der Waals surface area contributed by atoms with Crippen molar-refractivity contribution < 1.29 is 9.32 Å². The molecule has 2 aromatic carbocycles. The van der Waals surface area contributed by atoms with Gasteiger partial charge in [0.1, 0.15) is 0 Å². The van der Waals surface area contributed by atoms with Gasteiger partial charge in [-0.05, 0) is 17.7 Å². The highest BCUT2D eigenvalue weighted by molar-refractivity contribution is 6.35. The fourth-order valence-electron chi connectivity index (χ4n) is 2.65. The SMILES string of the molecule is O=C(Nc1cnn(Cc2ccc(Cl)cc2Cl)c1)c1cc(-c2ccccc2)on1. The fraction of sp³-hybridized carbons (Fsp3) is 0.0500. The molecule has 0 aliphatic rings. The van der Waals surface area contributed by atoms with Gasteiger partial charge in [0.25, 0.3) is 5.91 Å². The Hall–Kier alpha value is -3.09. The monoisotopic (exact) mass is 412 g/mol. The van der Waals surface area contributed by atoms with Crippen LogP contribution in [-0.4, -0.2) is 20.8 Å². The zero-order chi connectivity index (χ0) is 19.5. The largest absolute Gasteiger partial charge is 0.355 e. The van der Waals surface area contributed by atoms with Crippen LogP contribution in [0.4, 0.5) is 5.69 Å². The van der Waals surface area contributed by atoms with E-state index in [0.717, 1.165) is 11.1 Å². The van der Waals surface area contributed by atoms with Gasteiger partial charge in [-0.3, -0.25) is 9.48 Å². The minimum Gasteiger partial charge on any atom is -0.355 e. The number of hydrogen-bond acceptors (Lipinski definition) is 4. The minimum atomic E-state index is -0.380. The van der Waals surface area contributed by atoms with E-state index >= 15 is 0 Å². The van der Waals surface area contributed by atoms with Crippen molar-refractivity contribution in [1.82, 2.24) is 14.9 Å². The number of halogens is 2. The van der Waals surface area contributed by atoms with E-state index in [2.05, 4.69) is 15.6 Å². The number of amides is 1. The Morgan fingerprint density at radius 1 is 1.11 bits per heavy atom. The molecule has 0 bridgehead atoms. The Bertz CT molecular complexity index is 1120. The van der Waals surface area contributed by atoms with Gasteiger partial charge in [-0.25, -0.2) is 0 Å². The number of carbonyl (C=O) groups is 1. The van der Waals surface area contributed by atoms with Crippen LogP contribution in [0.3, 0.4) is 0 Å². The molecular weight excluding hydrogens is 399 g/mol. The first-order valence-electron chi connectivity index (χ1n) is 8.38. The van der Waals surface area contributed by atoms with Gasteiger partial charge in [-0.15, -0.1) is 0 Å². The van der Waals surface area contributed by atoms with Gasteiger partial charge in [0.2, 0.25) is 0 Å². The van der Waals surface area contributed by atoms with Gasteiger partial charge in [-0.2, -0.15) is 5.10 Å². The third kappa shape index (κ3) is 4.08. The lowest BCUT2D eigenvalue weighted by atomic mass is 10.1. The Balaban J connectivity index is 1.44. The number of rotatable bonds is 5. The molecule has 0 spiro atoms. The second kappa shape index (κ2) is 7.88. The lowest BCUT2D eigenvalue weighted by Crippen LogP contribution is -2.11. The van der Waals surface area contributed by atoms with E-state index in [4.69, 9.17) is 27.7 Å². The molecule has 6 nitrogen and oxygen atoms in total. The lowest BCUT2D eigenvalue weighted by Gasteiger charge is -2.05. The van der Waals surface area contributed by atoms with Gasteiger partial charge in [-0.1, -0.05) is 64.8 Å². The van der Waals surface area contributed by atoms with Crippen LogP contribution >= 0.6 is 23.2 Å². The summed E-state index contributed by atoms with van der Waals surface area (Å²) in [7, 11) is 0. The molecule has 1 amide bonds. The fourth-order valence-corrected chi connectivity index (χ4v) is 3.12. The molecule has 2 heterocycles. The normalized spacial score (nSPS) is 10.8. The standard InChI is InChI=1S/C20H14Cl2N4O2/c21-15-7-6-14(17(22)8-15)11-26-12-16(10-23-26)24-20(27)18-9-19(28-25-18)13-4-2-1-3-5-13/h1-10,12H,11H2,(H,24,27). The molecule has 2 aromatic heterocycles. The predicted molar refractivity (Wildman–Crippen MR) is 108 cm³/mol. The summed E-state index contributed by atoms with van der Waals surface area (Å²) in [6.45, 7) is 0.452. The van der Waals surface area contributed by atoms with E-state index in [1.807, 2.05) is 36.4 Å². The topological polar surface area (TPSA) is 73.0 Å². The molecule has 28 heavy (non-hydrogen) atoms. The highest BCUT2D eigenvalue weighted by atomic mass is 35.5. The number of nitrogens with zero attached hydrogens (tertiary/aromatic N) is 3. The molecule has 140 valence electrons. The van der Waals surface area contributed by atoms with E-state index in [-0.39, 0.29) is 11.6 Å². The smallest absolute Gasteiger partial charge is 0.277 e. The summed E-state index contributed by atoms with van der Waals surface area (Å²) in [6.07, 6.45) is 3.26. The van der Waals surface area contributed by atoms with Gasteiger partial charge in [0.05, 0.1) is 18.4 Å². The van der Waals surface area contributed by atoms with Crippen molar-refractivity contribution in [3.8, 4) is 11.3 Å². The summed E-state index contributed by atoms with van der Waals surface area (Å²) >= 11 is 12.1. The van der Waals surface area contributed by atoms with E-state index in [0.29, 0.717) is 28.0 Å². The molecule has 0 saturated carbocycles. The summed E-state index contributed by atoms with van der Waals surface area (Å²) < 4.78 is 6.93. The molecule has 0 unspecified atom stereocenters. The Morgan fingerprint density at radius 2 is 1.93 bits per heavy atom. The number of hydrogen-bond donors (Lipinski definition) is 1.